The second kappa shape index (κ2) is 4.24. The predicted octanol–water partition coefficient (Wildman–Crippen LogP) is 1.40. The normalized spacial score (nSPS) is 44.2. The SMILES string of the molecule is CCOc1ccc(N2C(=O)[C@@H]3[C@H]4C[C@H]5[C@H](O[C@@H]2[C@H]53)[C@H]4O)cc1. The van der Waals surface area contributed by atoms with Gasteiger partial charge in [-0.1, -0.05) is 0 Å². The highest BCUT2D eigenvalue weighted by molar-refractivity contribution is 5.99. The molecule has 0 spiro atoms. The number of hydrogen-bond donors (Lipinski definition) is 1. The van der Waals surface area contributed by atoms with E-state index in [1.807, 2.05) is 31.2 Å². The predicted molar refractivity (Wildman–Crippen MR) is 78.3 cm³/mol. The number of anilines is 1. The number of aliphatic hydroxyl groups excluding tert-OH is 1. The molecule has 1 N–H and O–H groups in total. The lowest BCUT2D eigenvalue weighted by Gasteiger charge is -2.30. The zero-order valence-electron chi connectivity index (χ0n) is 12.4. The van der Waals surface area contributed by atoms with Crippen molar-refractivity contribution >= 4 is 11.6 Å². The van der Waals surface area contributed by atoms with Crippen molar-refractivity contribution in [2.45, 2.75) is 31.8 Å². The first-order valence-electron chi connectivity index (χ1n) is 8.10. The summed E-state index contributed by atoms with van der Waals surface area (Å²) < 4.78 is 11.5. The van der Waals surface area contributed by atoms with Crippen molar-refractivity contribution < 1.29 is 19.4 Å². The molecular weight excluding hydrogens is 282 g/mol. The van der Waals surface area contributed by atoms with Gasteiger partial charge in [0.1, 0.15) is 12.0 Å². The third kappa shape index (κ3) is 1.39. The van der Waals surface area contributed by atoms with E-state index >= 15 is 0 Å². The van der Waals surface area contributed by atoms with E-state index in [0.717, 1.165) is 17.9 Å². The minimum Gasteiger partial charge on any atom is -0.494 e. The summed E-state index contributed by atoms with van der Waals surface area (Å²) in [5.41, 5.74) is 0.863. The minimum atomic E-state index is -0.456. The van der Waals surface area contributed by atoms with E-state index in [0.29, 0.717) is 12.5 Å². The standard InChI is InChI=1S/C17H19NO4/c1-2-21-9-5-3-8(4-6-9)18-16(20)12-10-7-11-13(12)17(18)22-15(11)14(10)19/h3-6,10-15,17,19H,2,7H2,1H3/t10-,11-,12-,13-,14+,15+,17-/m1/s1. The van der Waals surface area contributed by atoms with Crippen LogP contribution in [0.2, 0.25) is 0 Å². The molecule has 0 radical (unpaired) electrons. The molecule has 0 unspecified atom stereocenters. The molecule has 7 atom stereocenters. The average molecular weight is 301 g/mol. The highest BCUT2D eigenvalue weighted by atomic mass is 16.5. The van der Waals surface area contributed by atoms with Crippen LogP contribution in [0.15, 0.2) is 24.3 Å². The second-order valence-electron chi connectivity index (χ2n) is 6.78. The number of nitrogens with zero attached hydrogens (tertiary/aromatic N) is 1. The Balaban J connectivity index is 1.49. The summed E-state index contributed by atoms with van der Waals surface area (Å²) in [4.78, 5) is 14.7. The quantitative estimate of drug-likeness (QED) is 0.917. The number of fused-ring (bicyclic) bond motifs is 2. The van der Waals surface area contributed by atoms with Gasteiger partial charge in [0.2, 0.25) is 5.91 Å². The van der Waals surface area contributed by atoms with Crippen molar-refractivity contribution in [3.05, 3.63) is 24.3 Å². The highest BCUT2D eigenvalue weighted by Crippen LogP contribution is 2.63. The number of hydrogen-bond acceptors (Lipinski definition) is 4. The molecule has 1 aromatic rings. The summed E-state index contributed by atoms with van der Waals surface area (Å²) in [6.45, 7) is 2.57. The third-order valence-corrected chi connectivity index (χ3v) is 5.94. The van der Waals surface area contributed by atoms with Gasteiger partial charge in [-0.25, -0.2) is 0 Å². The van der Waals surface area contributed by atoms with E-state index in [-0.39, 0.29) is 36.0 Å². The summed E-state index contributed by atoms with van der Waals surface area (Å²) in [6.07, 6.45) is 0.213. The molecule has 116 valence electrons. The molecule has 5 rings (SSSR count). The molecule has 2 saturated carbocycles. The maximum atomic E-state index is 12.9. The van der Waals surface area contributed by atoms with Crippen LogP contribution in [0, 0.1) is 23.7 Å². The highest BCUT2D eigenvalue weighted by Gasteiger charge is 2.72. The van der Waals surface area contributed by atoms with Crippen molar-refractivity contribution in [2.24, 2.45) is 23.7 Å². The molecule has 2 saturated heterocycles. The van der Waals surface area contributed by atoms with Crippen molar-refractivity contribution in [1.82, 2.24) is 0 Å². The van der Waals surface area contributed by atoms with Gasteiger partial charge in [0, 0.05) is 11.6 Å². The first-order chi connectivity index (χ1) is 10.7. The third-order valence-electron chi connectivity index (χ3n) is 5.94. The zero-order chi connectivity index (χ0) is 15.0. The Kier molecular flexibility index (Phi) is 2.48. The largest absolute Gasteiger partial charge is 0.494 e. The molecule has 22 heavy (non-hydrogen) atoms. The van der Waals surface area contributed by atoms with Crippen molar-refractivity contribution in [3.8, 4) is 5.75 Å². The van der Waals surface area contributed by atoms with E-state index in [9.17, 15) is 9.90 Å². The van der Waals surface area contributed by atoms with Gasteiger partial charge in [-0.3, -0.25) is 9.69 Å². The maximum Gasteiger partial charge on any atom is 0.233 e. The molecule has 1 amide bonds. The molecular formula is C17H19NO4. The van der Waals surface area contributed by atoms with Gasteiger partial charge in [0.15, 0.2) is 0 Å². The lowest BCUT2D eigenvalue weighted by atomic mass is 9.80. The molecule has 1 aromatic carbocycles. The van der Waals surface area contributed by atoms with Crippen LogP contribution in [0.1, 0.15) is 13.3 Å². The number of benzene rings is 1. The van der Waals surface area contributed by atoms with E-state index < -0.39 is 6.10 Å². The Morgan fingerprint density at radius 3 is 2.82 bits per heavy atom. The molecule has 2 bridgehead atoms. The fourth-order valence-electron chi connectivity index (χ4n) is 5.20. The number of ether oxygens (including phenoxy) is 2. The van der Waals surface area contributed by atoms with Gasteiger partial charge in [-0.05, 0) is 49.4 Å². The molecule has 2 aliphatic heterocycles. The van der Waals surface area contributed by atoms with Crippen molar-refractivity contribution in [3.63, 3.8) is 0 Å². The molecule has 2 heterocycles. The van der Waals surface area contributed by atoms with Gasteiger partial charge >= 0.3 is 0 Å². The van der Waals surface area contributed by atoms with Crippen LogP contribution in [0.4, 0.5) is 5.69 Å². The lowest BCUT2D eigenvalue weighted by molar-refractivity contribution is -0.128. The van der Waals surface area contributed by atoms with Crippen LogP contribution < -0.4 is 9.64 Å². The minimum absolute atomic E-state index is 0.0599. The Bertz CT molecular complexity index is 630. The summed E-state index contributed by atoms with van der Waals surface area (Å²) in [5.74, 6) is 1.56. The van der Waals surface area contributed by atoms with Crippen LogP contribution >= 0.6 is 0 Å². The Hall–Kier alpha value is -1.59. The van der Waals surface area contributed by atoms with Gasteiger partial charge in [-0.15, -0.1) is 0 Å². The number of carbonyl (C=O) groups is 1. The lowest BCUT2D eigenvalue weighted by Crippen LogP contribution is -2.43. The van der Waals surface area contributed by atoms with E-state index in [4.69, 9.17) is 9.47 Å². The molecule has 0 aromatic heterocycles. The van der Waals surface area contributed by atoms with E-state index in [2.05, 4.69) is 0 Å². The number of carbonyl (C=O) groups excluding carboxylic acids is 1. The Labute approximate surface area is 128 Å². The van der Waals surface area contributed by atoms with Crippen LogP contribution in [-0.2, 0) is 9.53 Å². The summed E-state index contributed by atoms with van der Waals surface area (Å²) in [7, 11) is 0. The van der Waals surface area contributed by atoms with Crippen LogP contribution in [0.3, 0.4) is 0 Å². The maximum absolute atomic E-state index is 12.9. The van der Waals surface area contributed by atoms with Gasteiger partial charge in [0.05, 0.1) is 24.7 Å². The monoisotopic (exact) mass is 301 g/mol. The van der Waals surface area contributed by atoms with Crippen LogP contribution in [-0.4, -0.2) is 36.1 Å². The fraction of sp³-hybridized carbons (Fsp3) is 0.588. The van der Waals surface area contributed by atoms with Crippen molar-refractivity contribution in [2.75, 3.05) is 11.5 Å². The Morgan fingerprint density at radius 2 is 2.09 bits per heavy atom. The van der Waals surface area contributed by atoms with E-state index in [1.165, 1.54) is 0 Å². The number of aliphatic hydroxyl groups is 1. The molecule has 4 aliphatic rings. The zero-order valence-corrected chi connectivity index (χ0v) is 12.4. The van der Waals surface area contributed by atoms with Crippen LogP contribution in [0.25, 0.3) is 0 Å². The van der Waals surface area contributed by atoms with Gasteiger partial charge < -0.3 is 14.6 Å². The first kappa shape index (κ1) is 12.9. The topological polar surface area (TPSA) is 59.0 Å². The molecule has 2 aliphatic carbocycles. The first-order valence-corrected chi connectivity index (χ1v) is 8.10. The molecule has 5 nitrogen and oxygen atoms in total. The number of rotatable bonds is 3. The summed E-state index contributed by atoms with van der Waals surface area (Å²) in [5, 5.41) is 10.3. The molecule has 5 heteroatoms. The summed E-state index contributed by atoms with van der Waals surface area (Å²) in [6, 6.07) is 7.62. The second-order valence-corrected chi connectivity index (χ2v) is 6.78. The molecule has 4 fully saturated rings. The van der Waals surface area contributed by atoms with Crippen molar-refractivity contribution in [1.29, 1.82) is 0 Å². The average Bonchev–Trinajstić information content (AvgIpc) is 3.18. The number of amides is 1. The Morgan fingerprint density at radius 1 is 1.32 bits per heavy atom. The van der Waals surface area contributed by atoms with Gasteiger partial charge in [-0.2, -0.15) is 0 Å². The van der Waals surface area contributed by atoms with Gasteiger partial charge in [0.25, 0.3) is 0 Å². The van der Waals surface area contributed by atoms with E-state index in [1.54, 1.807) is 4.90 Å². The summed E-state index contributed by atoms with van der Waals surface area (Å²) >= 11 is 0. The smallest absolute Gasteiger partial charge is 0.233 e. The fourth-order valence-corrected chi connectivity index (χ4v) is 5.20. The van der Waals surface area contributed by atoms with Crippen LogP contribution in [0.5, 0.6) is 5.75 Å².